The van der Waals surface area contributed by atoms with Crippen molar-refractivity contribution in [1.82, 2.24) is 25.2 Å². The van der Waals surface area contributed by atoms with Crippen LogP contribution >= 0.6 is 11.3 Å². The lowest BCUT2D eigenvalue weighted by atomic mass is 9.74. The van der Waals surface area contributed by atoms with Crippen LogP contribution in [0.3, 0.4) is 0 Å². The van der Waals surface area contributed by atoms with Crippen molar-refractivity contribution in [1.29, 1.82) is 0 Å². The van der Waals surface area contributed by atoms with Gasteiger partial charge in [-0.15, -0.1) is 11.3 Å². The molecular weight excluding hydrogens is 358 g/mol. The lowest BCUT2D eigenvalue weighted by Crippen LogP contribution is -2.62. The number of fused-ring (bicyclic) bond motifs is 1. The third-order valence-electron chi connectivity index (χ3n) is 6.05. The predicted octanol–water partition coefficient (Wildman–Crippen LogP) is 1.59. The molecule has 2 fully saturated rings. The van der Waals surface area contributed by atoms with Gasteiger partial charge in [0.05, 0.1) is 0 Å². The van der Waals surface area contributed by atoms with Crippen LogP contribution in [0.2, 0.25) is 0 Å². The van der Waals surface area contributed by atoms with Crippen LogP contribution in [-0.2, 0) is 13.0 Å². The fraction of sp³-hybridized carbons (Fsp3) is 0.632. The van der Waals surface area contributed by atoms with E-state index in [1.807, 2.05) is 11.3 Å². The highest BCUT2D eigenvalue weighted by Crippen LogP contribution is 2.38. The molecule has 5 rings (SSSR count). The fourth-order valence-corrected chi connectivity index (χ4v) is 5.44. The molecule has 3 aliphatic heterocycles. The number of hydrogen-bond acceptors (Lipinski definition) is 8. The summed E-state index contributed by atoms with van der Waals surface area (Å²) >= 11 is 1.89. The van der Waals surface area contributed by atoms with Crippen molar-refractivity contribution in [2.24, 2.45) is 5.41 Å². The summed E-state index contributed by atoms with van der Waals surface area (Å²) in [6, 6.07) is 2.26. The zero-order valence-electron chi connectivity index (χ0n) is 15.7. The van der Waals surface area contributed by atoms with Gasteiger partial charge in [-0.3, -0.25) is 4.90 Å². The average Bonchev–Trinajstić information content (AvgIpc) is 3.15. The molecule has 2 N–H and O–H groups in total. The second-order valence-corrected chi connectivity index (χ2v) is 9.07. The number of anilines is 2. The molecular formula is C19H27N7S. The number of nitrogens with zero attached hydrogens (tertiary/aromatic N) is 5. The van der Waals surface area contributed by atoms with Gasteiger partial charge >= 0.3 is 0 Å². The average molecular weight is 386 g/mol. The van der Waals surface area contributed by atoms with Crippen LogP contribution in [0.15, 0.2) is 17.8 Å². The van der Waals surface area contributed by atoms with Gasteiger partial charge < -0.3 is 15.5 Å². The maximum atomic E-state index is 4.64. The molecule has 8 heteroatoms. The zero-order chi connectivity index (χ0) is 18.1. The molecule has 0 amide bonds. The minimum absolute atomic E-state index is 0.438. The van der Waals surface area contributed by atoms with E-state index in [-0.39, 0.29) is 0 Å². The Hall–Kier alpha value is -1.77. The Kier molecular flexibility index (Phi) is 4.71. The number of hydrogen-bond donors (Lipinski definition) is 2. The Morgan fingerprint density at radius 3 is 3.15 bits per heavy atom. The van der Waals surface area contributed by atoms with Crippen molar-refractivity contribution in [3.63, 3.8) is 0 Å². The summed E-state index contributed by atoms with van der Waals surface area (Å²) in [5.41, 5.74) is 1.94. The second-order valence-electron chi connectivity index (χ2n) is 8.07. The summed E-state index contributed by atoms with van der Waals surface area (Å²) in [4.78, 5) is 19.7. The van der Waals surface area contributed by atoms with Crippen LogP contribution in [0.5, 0.6) is 0 Å². The third kappa shape index (κ3) is 3.66. The molecule has 0 aliphatic carbocycles. The van der Waals surface area contributed by atoms with Crippen LogP contribution in [0.4, 0.5) is 11.9 Å². The van der Waals surface area contributed by atoms with Crippen molar-refractivity contribution >= 4 is 23.2 Å². The van der Waals surface area contributed by atoms with Crippen LogP contribution < -0.4 is 15.5 Å². The van der Waals surface area contributed by atoms with Crippen LogP contribution in [0.25, 0.3) is 0 Å². The monoisotopic (exact) mass is 385 g/mol. The van der Waals surface area contributed by atoms with Gasteiger partial charge in [-0.2, -0.15) is 4.98 Å². The molecule has 2 aromatic heterocycles. The standard InChI is InChI=1S/C19H27N7S/c1-4-19(11-20-5-1)12-26(13-19)18-23-14-22-17(24-18)21-6-8-25-7-2-16-15(10-25)3-9-27-16/h3,9,14,20H,1-2,4-8,10-13H2,(H,21,22,23,24). The van der Waals surface area contributed by atoms with Crippen LogP contribution in [0, 0.1) is 5.41 Å². The Balaban J connectivity index is 1.12. The molecule has 0 radical (unpaired) electrons. The Morgan fingerprint density at radius 1 is 1.30 bits per heavy atom. The van der Waals surface area contributed by atoms with Crippen LogP contribution in [0.1, 0.15) is 23.3 Å². The minimum atomic E-state index is 0.438. The summed E-state index contributed by atoms with van der Waals surface area (Å²) in [5, 5.41) is 9.12. The maximum absolute atomic E-state index is 4.64. The van der Waals surface area contributed by atoms with Gasteiger partial charge in [-0.25, -0.2) is 9.97 Å². The predicted molar refractivity (Wildman–Crippen MR) is 108 cm³/mol. The van der Waals surface area contributed by atoms with Gasteiger partial charge in [-0.05, 0) is 42.8 Å². The lowest BCUT2D eigenvalue weighted by molar-refractivity contribution is 0.155. The highest BCUT2D eigenvalue weighted by atomic mass is 32.1. The number of piperidine rings is 1. The van der Waals surface area contributed by atoms with Gasteiger partial charge in [0.1, 0.15) is 6.33 Å². The number of aromatic nitrogens is 3. The summed E-state index contributed by atoms with van der Waals surface area (Å²) in [6.45, 7) is 8.47. The van der Waals surface area contributed by atoms with Crippen molar-refractivity contribution in [2.45, 2.75) is 25.8 Å². The van der Waals surface area contributed by atoms with E-state index in [1.54, 1.807) is 11.2 Å². The summed E-state index contributed by atoms with van der Waals surface area (Å²) in [6.07, 6.45) is 5.40. The number of thiophene rings is 1. The maximum Gasteiger partial charge on any atom is 0.230 e. The summed E-state index contributed by atoms with van der Waals surface area (Å²) in [5.74, 6) is 1.50. The van der Waals surface area contributed by atoms with E-state index in [0.29, 0.717) is 11.4 Å². The molecule has 2 aromatic rings. The first-order valence-electron chi connectivity index (χ1n) is 9.96. The first-order chi connectivity index (χ1) is 13.3. The first kappa shape index (κ1) is 17.3. The van der Waals surface area contributed by atoms with E-state index < -0.39 is 0 Å². The molecule has 0 unspecified atom stereocenters. The van der Waals surface area contributed by atoms with E-state index in [2.05, 4.69) is 46.8 Å². The highest BCUT2D eigenvalue weighted by Gasteiger charge is 2.44. The van der Waals surface area contributed by atoms with Crippen molar-refractivity contribution in [3.8, 4) is 0 Å². The van der Waals surface area contributed by atoms with E-state index in [9.17, 15) is 0 Å². The van der Waals surface area contributed by atoms with Gasteiger partial charge in [-0.1, -0.05) is 0 Å². The van der Waals surface area contributed by atoms with E-state index in [1.165, 1.54) is 24.8 Å². The topological polar surface area (TPSA) is 69.2 Å². The molecule has 1 spiro atoms. The molecule has 0 saturated carbocycles. The Bertz CT molecular complexity index is 778. The molecule has 5 heterocycles. The van der Waals surface area contributed by atoms with Gasteiger partial charge in [0, 0.05) is 56.1 Å². The van der Waals surface area contributed by atoms with Crippen molar-refractivity contribution < 1.29 is 0 Å². The Labute approximate surface area is 164 Å². The zero-order valence-corrected chi connectivity index (χ0v) is 16.5. The minimum Gasteiger partial charge on any atom is -0.353 e. The molecule has 2 saturated heterocycles. The molecule has 7 nitrogen and oxygen atoms in total. The SMILES string of the molecule is c1nc(NCCN2CCc3sccc3C2)nc(N2CC3(CCCNC3)C2)n1. The highest BCUT2D eigenvalue weighted by molar-refractivity contribution is 7.10. The molecule has 0 bridgehead atoms. The van der Waals surface area contributed by atoms with Gasteiger partial charge in [0.15, 0.2) is 0 Å². The fourth-order valence-electron chi connectivity index (χ4n) is 4.55. The molecule has 0 aromatic carbocycles. The third-order valence-corrected chi connectivity index (χ3v) is 7.08. The van der Waals surface area contributed by atoms with Gasteiger partial charge in [0.2, 0.25) is 11.9 Å². The van der Waals surface area contributed by atoms with Crippen molar-refractivity contribution in [2.75, 3.05) is 56.0 Å². The van der Waals surface area contributed by atoms with Crippen molar-refractivity contribution in [3.05, 3.63) is 28.2 Å². The summed E-state index contributed by atoms with van der Waals surface area (Å²) < 4.78 is 0. The molecule has 3 aliphatic rings. The van der Waals surface area contributed by atoms with E-state index in [4.69, 9.17) is 0 Å². The van der Waals surface area contributed by atoms with Crippen LogP contribution in [-0.4, -0.2) is 65.7 Å². The molecule has 144 valence electrons. The quantitative estimate of drug-likeness (QED) is 0.810. The second kappa shape index (κ2) is 7.33. The number of rotatable bonds is 5. The smallest absolute Gasteiger partial charge is 0.230 e. The van der Waals surface area contributed by atoms with E-state index >= 15 is 0 Å². The molecule has 27 heavy (non-hydrogen) atoms. The first-order valence-corrected chi connectivity index (χ1v) is 10.8. The normalized spacial score (nSPS) is 21.7. The van der Waals surface area contributed by atoms with Gasteiger partial charge in [0.25, 0.3) is 0 Å². The molecule has 0 atom stereocenters. The lowest BCUT2D eigenvalue weighted by Gasteiger charge is -2.52. The van der Waals surface area contributed by atoms with E-state index in [0.717, 1.165) is 58.3 Å². The number of nitrogens with one attached hydrogen (secondary N) is 2. The largest absolute Gasteiger partial charge is 0.353 e. The Morgan fingerprint density at radius 2 is 2.26 bits per heavy atom. The summed E-state index contributed by atoms with van der Waals surface area (Å²) in [7, 11) is 0.